The summed E-state index contributed by atoms with van der Waals surface area (Å²) in [6.45, 7) is 4.18. The Morgan fingerprint density at radius 2 is 1.92 bits per heavy atom. The topological polar surface area (TPSA) is 72.2 Å². The Labute approximate surface area is 145 Å². The Morgan fingerprint density at radius 3 is 2.50 bits per heavy atom. The fourth-order valence-electron chi connectivity index (χ4n) is 2.34. The smallest absolute Gasteiger partial charge is 0.240 e. The summed E-state index contributed by atoms with van der Waals surface area (Å²) < 4.78 is 32.8. The fourth-order valence-corrected chi connectivity index (χ4v) is 4.28. The van der Waals surface area contributed by atoms with Gasteiger partial charge in [0.1, 0.15) is 0 Å². The van der Waals surface area contributed by atoms with E-state index in [0.29, 0.717) is 24.6 Å². The van der Waals surface area contributed by atoms with Crippen LogP contribution in [0.4, 0.5) is 0 Å². The van der Waals surface area contributed by atoms with Crippen LogP contribution in [0.3, 0.4) is 0 Å². The lowest BCUT2D eigenvalue weighted by Crippen LogP contribution is -2.25. The van der Waals surface area contributed by atoms with Crippen LogP contribution in [0, 0.1) is 13.8 Å². The third-order valence-corrected chi connectivity index (χ3v) is 6.24. The van der Waals surface area contributed by atoms with Crippen molar-refractivity contribution in [2.45, 2.75) is 25.2 Å². The van der Waals surface area contributed by atoms with Gasteiger partial charge >= 0.3 is 0 Å². The number of nitrogens with zero attached hydrogens (tertiary/aromatic N) is 1. The molecule has 2 heterocycles. The monoisotopic (exact) mass is 362 g/mol. The molecular weight excluding hydrogens is 344 g/mol. The van der Waals surface area contributed by atoms with Crippen LogP contribution in [0.2, 0.25) is 0 Å². The van der Waals surface area contributed by atoms with Crippen molar-refractivity contribution in [1.29, 1.82) is 0 Å². The highest BCUT2D eigenvalue weighted by molar-refractivity contribution is 7.89. The number of sulfonamides is 1. The molecule has 0 radical (unpaired) electrons. The van der Waals surface area contributed by atoms with Gasteiger partial charge in [0.25, 0.3) is 0 Å². The van der Waals surface area contributed by atoms with Crippen LogP contribution in [0.15, 0.2) is 51.2 Å². The van der Waals surface area contributed by atoms with Gasteiger partial charge in [0.15, 0.2) is 11.7 Å². The third-order valence-electron chi connectivity index (χ3n) is 3.68. The van der Waals surface area contributed by atoms with E-state index in [1.807, 2.05) is 18.4 Å². The molecule has 1 N–H and O–H groups in total. The first-order valence-electron chi connectivity index (χ1n) is 7.51. The lowest BCUT2D eigenvalue weighted by Gasteiger charge is -2.07. The average Bonchev–Trinajstić information content (AvgIpc) is 3.16. The van der Waals surface area contributed by atoms with Crippen LogP contribution < -0.4 is 4.72 Å². The Balaban J connectivity index is 1.67. The minimum absolute atomic E-state index is 0.241. The molecule has 126 valence electrons. The van der Waals surface area contributed by atoms with Crippen molar-refractivity contribution in [3.63, 3.8) is 0 Å². The lowest BCUT2D eigenvalue weighted by atomic mass is 10.2. The van der Waals surface area contributed by atoms with E-state index in [-0.39, 0.29) is 4.90 Å². The standard InChI is InChI=1S/C17H18N2O3S2/c1-12-8-10-23-17(12)7-9-19-24(20,21)15-5-3-14(4-6-15)16-11-18-13(2)22-16/h3-6,8,10-11,19H,7,9H2,1-2H3. The van der Waals surface area contributed by atoms with Crippen molar-refractivity contribution in [2.75, 3.05) is 6.54 Å². The van der Waals surface area contributed by atoms with Crippen LogP contribution in [0.1, 0.15) is 16.3 Å². The van der Waals surface area contributed by atoms with E-state index in [9.17, 15) is 8.42 Å². The van der Waals surface area contributed by atoms with Crippen LogP contribution >= 0.6 is 11.3 Å². The summed E-state index contributed by atoms with van der Waals surface area (Å²) in [6.07, 6.45) is 2.32. The second kappa shape index (κ2) is 6.88. The van der Waals surface area contributed by atoms with Gasteiger partial charge in [0.2, 0.25) is 10.0 Å². The molecule has 0 bridgehead atoms. The maximum Gasteiger partial charge on any atom is 0.240 e. The number of rotatable bonds is 6. The summed E-state index contributed by atoms with van der Waals surface area (Å²) in [5, 5.41) is 2.02. The van der Waals surface area contributed by atoms with Crippen molar-refractivity contribution in [2.24, 2.45) is 0 Å². The number of thiophene rings is 1. The molecule has 7 heteroatoms. The van der Waals surface area contributed by atoms with E-state index in [1.165, 1.54) is 10.4 Å². The minimum atomic E-state index is -3.51. The zero-order chi connectivity index (χ0) is 17.2. The summed E-state index contributed by atoms with van der Waals surface area (Å²) in [4.78, 5) is 5.48. The number of aryl methyl sites for hydroxylation is 2. The molecule has 2 aromatic heterocycles. The lowest BCUT2D eigenvalue weighted by molar-refractivity contribution is 0.534. The molecule has 3 rings (SSSR count). The summed E-state index contributed by atoms with van der Waals surface area (Å²) in [5.41, 5.74) is 2.00. The van der Waals surface area contributed by atoms with Gasteiger partial charge < -0.3 is 4.42 Å². The van der Waals surface area contributed by atoms with E-state index in [0.717, 1.165) is 5.56 Å². The van der Waals surface area contributed by atoms with Gasteiger partial charge in [-0.1, -0.05) is 0 Å². The van der Waals surface area contributed by atoms with E-state index >= 15 is 0 Å². The highest BCUT2D eigenvalue weighted by Crippen LogP contribution is 2.22. The van der Waals surface area contributed by atoms with Crippen molar-refractivity contribution in [3.8, 4) is 11.3 Å². The molecule has 24 heavy (non-hydrogen) atoms. The first-order valence-corrected chi connectivity index (χ1v) is 9.87. The summed E-state index contributed by atoms with van der Waals surface area (Å²) in [5.74, 6) is 1.20. The van der Waals surface area contributed by atoms with Crippen molar-refractivity contribution in [3.05, 3.63) is 58.2 Å². The van der Waals surface area contributed by atoms with Gasteiger partial charge in [-0.2, -0.15) is 0 Å². The molecule has 0 amide bonds. The van der Waals surface area contributed by atoms with Crippen LogP contribution in [0.5, 0.6) is 0 Å². The summed E-state index contributed by atoms with van der Waals surface area (Å²) >= 11 is 1.65. The molecule has 0 aliphatic rings. The maximum atomic E-state index is 12.4. The Kier molecular flexibility index (Phi) is 4.84. The first kappa shape index (κ1) is 16.9. The Bertz CT molecular complexity index is 925. The number of hydrogen-bond donors (Lipinski definition) is 1. The molecule has 5 nitrogen and oxygen atoms in total. The van der Waals surface area contributed by atoms with Crippen molar-refractivity contribution in [1.82, 2.24) is 9.71 Å². The van der Waals surface area contributed by atoms with Gasteiger partial charge in [-0.05, 0) is 54.6 Å². The van der Waals surface area contributed by atoms with Crippen molar-refractivity contribution >= 4 is 21.4 Å². The molecule has 0 aliphatic heterocycles. The highest BCUT2D eigenvalue weighted by atomic mass is 32.2. The number of oxazole rings is 1. The molecule has 0 saturated carbocycles. The van der Waals surface area contributed by atoms with Gasteiger partial charge in [-0.25, -0.2) is 18.1 Å². The van der Waals surface area contributed by atoms with E-state index in [2.05, 4.69) is 9.71 Å². The average molecular weight is 362 g/mol. The van der Waals surface area contributed by atoms with Gasteiger partial charge in [-0.3, -0.25) is 0 Å². The largest absolute Gasteiger partial charge is 0.441 e. The van der Waals surface area contributed by atoms with Crippen LogP contribution in [0.25, 0.3) is 11.3 Å². The number of aromatic nitrogens is 1. The molecule has 3 aromatic rings. The molecule has 0 unspecified atom stereocenters. The van der Waals surface area contributed by atoms with Crippen LogP contribution in [-0.2, 0) is 16.4 Å². The van der Waals surface area contributed by atoms with Gasteiger partial charge in [0, 0.05) is 23.9 Å². The third kappa shape index (κ3) is 3.75. The predicted octanol–water partition coefficient (Wildman–Crippen LogP) is 3.54. The SMILES string of the molecule is Cc1ncc(-c2ccc(S(=O)(=O)NCCc3sccc3C)cc2)o1. The van der Waals surface area contributed by atoms with Gasteiger partial charge in [0.05, 0.1) is 11.1 Å². The Morgan fingerprint density at radius 1 is 1.17 bits per heavy atom. The number of hydrogen-bond acceptors (Lipinski definition) is 5. The molecule has 0 aliphatic carbocycles. The normalized spacial score (nSPS) is 11.8. The Hall–Kier alpha value is -1.96. The molecule has 0 spiro atoms. The summed E-state index contributed by atoms with van der Waals surface area (Å²) in [7, 11) is -3.51. The fraction of sp³-hybridized carbons (Fsp3) is 0.235. The number of nitrogens with one attached hydrogen (secondary N) is 1. The molecule has 0 atom stereocenters. The second-order valence-corrected chi connectivity index (χ2v) is 8.21. The van der Waals surface area contributed by atoms with Crippen LogP contribution in [-0.4, -0.2) is 19.9 Å². The predicted molar refractivity (Wildman–Crippen MR) is 94.6 cm³/mol. The minimum Gasteiger partial charge on any atom is -0.441 e. The van der Waals surface area contributed by atoms with E-state index < -0.39 is 10.0 Å². The van der Waals surface area contributed by atoms with E-state index in [1.54, 1.807) is 48.7 Å². The van der Waals surface area contributed by atoms with Crippen molar-refractivity contribution < 1.29 is 12.8 Å². The zero-order valence-electron chi connectivity index (χ0n) is 13.4. The van der Waals surface area contributed by atoms with E-state index in [4.69, 9.17) is 4.42 Å². The molecule has 0 saturated heterocycles. The maximum absolute atomic E-state index is 12.4. The zero-order valence-corrected chi connectivity index (χ0v) is 15.1. The van der Waals surface area contributed by atoms with Gasteiger partial charge in [-0.15, -0.1) is 11.3 Å². The second-order valence-electron chi connectivity index (χ2n) is 5.44. The summed E-state index contributed by atoms with van der Waals surface area (Å²) in [6, 6.07) is 8.63. The highest BCUT2D eigenvalue weighted by Gasteiger charge is 2.14. The quantitative estimate of drug-likeness (QED) is 0.728. The molecule has 1 aromatic carbocycles. The molecular formula is C17H18N2O3S2. The number of benzene rings is 1. The first-order chi connectivity index (χ1) is 11.5. The molecule has 0 fully saturated rings.